The number of anilines is 2. The molecule has 0 spiro atoms. The van der Waals surface area contributed by atoms with Gasteiger partial charge in [0.1, 0.15) is 5.82 Å². The van der Waals surface area contributed by atoms with Crippen LogP contribution in [0.15, 0.2) is 18.2 Å². The highest BCUT2D eigenvalue weighted by Crippen LogP contribution is 2.17. The van der Waals surface area contributed by atoms with Gasteiger partial charge in [-0.05, 0) is 18.2 Å². The van der Waals surface area contributed by atoms with Crippen molar-refractivity contribution >= 4 is 23.2 Å². The molecule has 1 aromatic rings. The minimum Gasteiger partial charge on any atom is -0.399 e. The zero-order chi connectivity index (χ0) is 14.5. The molecule has 0 aromatic heterocycles. The van der Waals surface area contributed by atoms with Crippen molar-refractivity contribution in [1.82, 2.24) is 10.2 Å². The van der Waals surface area contributed by atoms with Crippen molar-refractivity contribution in [1.29, 1.82) is 0 Å². The summed E-state index contributed by atoms with van der Waals surface area (Å²) in [7, 11) is 0. The first-order valence-electron chi connectivity index (χ1n) is 6.38. The van der Waals surface area contributed by atoms with Gasteiger partial charge in [-0.2, -0.15) is 0 Å². The number of hydrogen-bond acceptors (Lipinski definition) is 4. The molecule has 2 amide bonds. The third kappa shape index (κ3) is 3.92. The molecule has 20 heavy (non-hydrogen) atoms. The third-order valence-corrected chi connectivity index (χ3v) is 3.04. The second-order valence-corrected chi connectivity index (χ2v) is 4.66. The molecule has 0 bridgehead atoms. The van der Waals surface area contributed by atoms with Gasteiger partial charge in [0, 0.05) is 31.7 Å². The lowest BCUT2D eigenvalue weighted by Gasteiger charge is -2.26. The number of amides is 2. The predicted octanol–water partition coefficient (Wildman–Crippen LogP) is 0.168. The maximum Gasteiger partial charge on any atom is 0.234 e. The van der Waals surface area contributed by atoms with Crippen LogP contribution in [0.25, 0.3) is 0 Å². The number of nitrogen functional groups attached to an aromatic ring is 1. The molecule has 2 rings (SSSR count). The highest BCUT2D eigenvalue weighted by Gasteiger charge is 2.17. The van der Waals surface area contributed by atoms with Crippen LogP contribution in [0.1, 0.15) is 6.42 Å². The van der Waals surface area contributed by atoms with E-state index in [-0.39, 0.29) is 23.9 Å². The van der Waals surface area contributed by atoms with Gasteiger partial charge < -0.3 is 16.4 Å². The van der Waals surface area contributed by atoms with Gasteiger partial charge in [-0.3, -0.25) is 14.5 Å². The molecule has 1 aromatic carbocycles. The Labute approximate surface area is 116 Å². The highest BCUT2D eigenvalue weighted by molar-refractivity contribution is 5.91. The van der Waals surface area contributed by atoms with E-state index in [4.69, 9.17) is 5.73 Å². The van der Waals surface area contributed by atoms with Crippen LogP contribution in [0.3, 0.4) is 0 Å². The van der Waals surface area contributed by atoms with E-state index in [1.807, 2.05) is 4.90 Å². The van der Waals surface area contributed by atoms with E-state index in [1.165, 1.54) is 18.2 Å². The molecule has 4 N–H and O–H groups in total. The Morgan fingerprint density at radius 1 is 1.50 bits per heavy atom. The number of hydrogen-bond donors (Lipinski definition) is 3. The van der Waals surface area contributed by atoms with Gasteiger partial charge in [0.2, 0.25) is 11.8 Å². The Morgan fingerprint density at radius 3 is 3.05 bits per heavy atom. The number of nitrogens with two attached hydrogens (primary N) is 1. The summed E-state index contributed by atoms with van der Waals surface area (Å²) in [5.41, 5.74) is 6.00. The van der Waals surface area contributed by atoms with Crippen molar-refractivity contribution in [3.05, 3.63) is 24.0 Å². The molecule has 1 aliphatic rings. The Hall–Kier alpha value is -2.15. The zero-order valence-corrected chi connectivity index (χ0v) is 11.0. The summed E-state index contributed by atoms with van der Waals surface area (Å²) >= 11 is 0. The van der Waals surface area contributed by atoms with Crippen LogP contribution in [0.5, 0.6) is 0 Å². The van der Waals surface area contributed by atoms with Crippen molar-refractivity contribution in [2.75, 3.05) is 37.2 Å². The van der Waals surface area contributed by atoms with Crippen LogP contribution in [-0.2, 0) is 9.59 Å². The summed E-state index contributed by atoms with van der Waals surface area (Å²) in [4.78, 5) is 24.8. The summed E-state index contributed by atoms with van der Waals surface area (Å²) in [6, 6.07) is 4.01. The standard InChI is InChI=1S/C13H17FN4O2/c14-10-2-1-9(15)7-11(10)17-12(19)3-5-18-6-4-16-13(20)8-18/h1-2,7H,3-6,8,15H2,(H,16,20)(H,17,19). The first-order valence-corrected chi connectivity index (χ1v) is 6.38. The smallest absolute Gasteiger partial charge is 0.234 e. The zero-order valence-electron chi connectivity index (χ0n) is 11.0. The maximum atomic E-state index is 13.4. The molecule has 0 unspecified atom stereocenters. The fourth-order valence-electron chi connectivity index (χ4n) is 1.99. The van der Waals surface area contributed by atoms with E-state index in [1.54, 1.807) is 0 Å². The first-order chi connectivity index (χ1) is 9.54. The summed E-state index contributed by atoms with van der Waals surface area (Å²) in [6.07, 6.45) is 0.196. The lowest BCUT2D eigenvalue weighted by atomic mass is 10.2. The van der Waals surface area contributed by atoms with Crippen molar-refractivity contribution in [2.24, 2.45) is 0 Å². The molecule has 0 radical (unpaired) electrons. The van der Waals surface area contributed by atoms with E-state index in [0.717, 1.165) is 0 Å². The number of halogens is 1. The number of benzene rings is 1. The Balaban J connectivity index is 1.83. The van der Waals surface area contributed by atoms with Crippen LogP contribution in [0.4, 0.5) is 15.8 Å². The van der Waals surface area contributed by atoms with Crippen molar-refractivity contribution in [3.8, 4) is 0 Å². The quantitative estimate of drug-likeness (QED) is 0.686. The Bertz CT molecular complexity index is 521. The number of piperazine rings is 1. The van der Waals surface area contributed by atoms with Gasteiger partial charge in [-0.25, -0.2) is 4.39 Å². The highest BCUT2D eigenvalue weighted by atomic mass is 19.1. The molecular formula is C13H17FN4O2. The summed E-state index contributed by atoms with van der Waals surface area (Å²) < 4.78 is 13.4. The lowest BCUT2D eigenvalue weighted by molar-refractivity contribution is -0.125. The number of carbonyl (C=O) groups excluding carboxylic acids is 2. The van der Waals surface area contributed by atoms with Crippen LogP contribution in [0, 0.1) is 5.82 Å². The second kappa shape index (κ2) is 6.33. The van der Waals surface area contributed by atoms with Gasteiger partial charge in [-0.15, -0.1) is 0 Å². The van der Waals surface area contributed by atoms with Gasteiger partial charge in [0.25, 0.3) is 0 Å². The van der Waals surface area contributed by atoms with E-state index >= 15 is 0 Å². The normalized spacial score (nSPS) is 15.8. The molecule has 0 aliphatic carbocycles. The van der Waals surface area contributed by atoms with Crippen LogP contribution >= 0.6 is 0 Å². The maximum absolute atomic E-state index is 13.4. The lowest BCUT2D eigenvalue weighted by Crippen LogP contribution is -2.48. The number of nitrogens with zero attached hydrogens (tertiary/aromatic N) is 1. The van der Waals surface area contributed by atoms with Crippen molar-refractivity contribution in [2.45, 2.75) is 6.42 Å². The Morgan fingerprint density at radius 2 is 2.30 bits per heavy atom. The molecule has 1 aliphatic heterocycles. The van der Waals surface area contributed by atoms with Crippen molar-refractivity contribution in [3.63, 3.8) is 0 Å². The summed E-state index contributed by atoms with van der Waals surface area (Å²) in [6.45, 7) is 2.05. The van der Waals surface area contributed by atoms with Crippen molar-refractivity contribution < 1.29 is 14.0 Å². The van der Waals surface area contributed by atoms with Gasteiger partial charge >= 0.3 is 0 Å². The van der Waals surface area contributed by atoms with E-state index < -0.39 is 5.82 Å². The average Bonchev–Trinajstić information content (AvgIpc) is 2.41. The van der Waals surface area contributed by atoms with E-state index in [2.05, 4.69) is 10.6 Å². The van der Waals surface area contributed by atoms with Gasteiger partial charge in [-0.1, -0.05) is 0 Å². The van der Waals surface area contributed by atoms with E-state index in [9.17, 15) is 14.0 Å². The number of nitrogens with one attached hydrogen (secondary N) is 2. The fraction of sp³-hybridized carbons (Fsp3) is 0.385. The minimum atomic E-state index is -0.523. The van der Waals surface area contributed by atoms with Crippen LogP contribution < -0.4 is 16.4 Å². The molecule has 6 nitrogen and oxygen atoms in total. The third-order valence-electron chi connectivity index (χ3n) is 3.04. The van der Waals surface area contributed by atoms with Gasteiger partial charge in [0.15, 0.2) is 0 Å². The summed E-state index contributed by atoms with van der Waals surface area (Å²) in [5.74, 6) is -0.871. The molecule has 0 saturated carbocycles. The van der Waals surface area contributed by atoms with E-state index in [0.29, 0.717) is 31.9 Å². The largest absolute Gasteiger partial charge is 0.399 e. The molecule has 1 saturated heterocycles. The monoisotopic (exact) mass is 280 g/mol. The average molecular weight is 280 g/mol. The Kier molecular flexibility index (Phi) is 4.52. The topological polar surface area (TPSA) is 87.5 Å². The summed E-state index contributed by atoms with van der Waals surface area (Å²) in [5, 5.41) is 5.19. The SMILES string of the molecule is Nc1ccc(F)c(NC(=O)CCN2CCNC(=O)C2)c1. The second-order valence-electron chi connectivity index (χ2n) is 4.66. The van der Waals surface area contributed by atoms with Gasteiger partial charge in [0.05, 0.1) is 12.2 Å². The molecule has 1 fully saturated rings. The predicted molar refractivity (Wildman–Crippen MR) is 73.5 cm³/mol. The van der Waals surface area contributed by atoms with Crippen LogP contribution in [-0.4, -0.2) is 42.9 Å². The fourth-order valence-corrected chi connectivity index (χ4v) is 1.99. The molecule has 1 heterocycles. The number of carbonyl (C=O) groups is 2. The first kappa shape index (κ1) is 14.3. The molecule has 7 heteroatoms. The molecule has 0 atom stereocenters. The number of rotatable bonds is 4. The minimum absolute atomic E-state index is 0.0430. The van der Waals surface area contributed by atoms with Crippen LogP contribution in [0.2, 0.25) is 0 Å². The molecule has 108 valence electrons. The molecular weight excluding hydrogens is 263 g/mol.